The Morgan fingerprint density at radius 2 is 1.86 bits per heavy atom. The maximum absolute atomic E-state index is 13.5. The number of aryl methyl sites for hydroxylation is 1. The van der Waals surface area contributed by atoms with Crippen LogP contribution in [0.2, 0.25) is 0 Å². The van der Waals surface area contributed by atoms with E-state index in [1.165, 1.54) is 23.3 Å². The van der Waals surface area contributed by atoms with E-state index >= 15 is 0 Å². The molecule has 0 saturated heterocycles. The number of carbonyl (C=O) groups excluding carboxylic acids is 1. The Morgan fingerprint density at radius 1 is 1.07 bits per heavy atom. The van der Waals surface area contributed by atoms with Crippen LogP contribution in [0, 0.1) is 12.7 Å². The summed E-state index contributed by atoms with van der Waals surface area (Å²) in [7, 11) is 0. The molecule has 1 aliphatic heterocycles. The first-order chi connectivity index (χ1) is 14.0. The van der Waals surface area contributed by atoms with E-state index in [4.69, 9.17) is 8.83 Å². The van der Waals surface area contributed by atoms with Crippen molar-refractivity contribution in [1.82, 2.24) is 4.90 Å². The smallest absolute Gasteiger partial charge is 0.291 e. The lowest BCUT2D eigenvalue weighted by Crippen LogP contribution is -2.29. The average Bonchev–Trinajstić information content (AvgIpc) is 3.32. The number of amides is 1. The van der Waals surface area contributed by atoms with Gasteiger partial charge in [0.25, 0.3) is 5.91 Å². The molecule has 3 heterocycles. The third-order valence-electron chi connectivity index (χ3n) is 5.21. The first-order valence-electron chi connectivity index (χ1n) is 9.19. The molecule has 0 bridgehead atoms. The maximum Gasteiger partial charge on any atom is 0.291 e. The molecule has 2 aromatic carbocycles. The molecule has 4 aromatic rings. The minimum atomic E-state index is -0.690. The maximum atomic E-state index is 13.5. The highest BCUT2D eigenvalue weighted by molar-refractivity contribution is 5.99. The number of nitrogens with zero attached hydrogens (tertiary/aromatic N) is 1. The van der Waals surface area contributed by atoms with Gasteiger partial charge < -0.3 is 13.7 Å². The Hall–Kier alpha value is -3.67. The van der Waals surface area contributed by atoms with Crippen molar-refractivity contribution in [1.29, 1.82) is 0 Å². The highest BCUT2D eigenvalue weighted by atomic mass is 19.1. The van der Waals surface area contributed by atoms with Crippen molar-refractivity contribution in [3.05, 3.63) is 105 Å². The number of fused-ring (bicyclic) bond motifs is 2. The van der Waals surface area contributed by atoms with Crippen LogP contribution in [0.1, 0.15) is 39.0 Å². The molecule has 0 unspecified atom stereocenters. The van der Waals surface area contributed by atoms with Crippen molar-refractivity contribution in [3.63, 3.8) is 0 Å². The summed E-state index contributed by atoms with van der Waals surface area (Å²) in [6.07, 6.45) is 1.52. The molecule has 0 N–H and O–H groups in total. The Morgan fingerprint density at radius 3 is 2.59 bits per heavy atom. The lowest BCUT2D eigenvalue weighted by atomic mass is 9.98. The fourth-order valence-electron chi connectivity index (χ4n) is 3.86. The molecule has 0 radical (unpaired) electrons. The van der Waals surface area contributed by atoms with Crippen LogP contribution in [0.15, 0.2) is 74.5 Å². The van der Waals surface area contributed by atoms with Crippen LogP contribution in [0.5, 0.6) is 0 Å². The third-order valence-corrected chi connectivity index (χ3v) is 5.21. The van der Waals surface area contributed by atoms with Crippen LogP contribution in [-0.2, 0) is 6.54 Å². The van der Waals surface area contributed by atoms with Crippen LogP contribution in [0.3, 0.4) is 0 Å². The van der Waals surface area contributed by atoms with Crippen LogP contribution < -0.4 is 5.43 Å². The Labute approximate surface area is 165 Å². The van der Waals surface area contributed by atoms with Gasteiger partial charge in [-0.1, -0.05) is 23.8 Å². The quantitative estimate of drug-likeness (QED) is 0.515. The van der Waals surface area contributed by atoms with E-state index in [9.17, 15) is 14.0 Å². The standard InChI is InChI=1S/C23H16FNO4/c1-13-4-9-18-17(11-13)21(26)19-20(14-5-7-15(24)8-6-14)25(23(27)22(19)29-18)12-16-3-2-10-28-16/h2-11,20H,12H2,1H3/t20-/m0/s1. The van der Waals surface area contributed by atoms with Crippen LogP contribution in [0.25, 0.3) is 11.0 Å². The van der Waals surface area contributed by atoms with E-state index in [1.54, 1.807) is 36.4 Å². The van der Waals surface area contributed by atoms with Gasteiger partial charge in [-0.05, 0) is 48.9 Å². The van der Waals surface area contributed by atoms with Crippen LogP contribution in [-0.4, -0.2) is 10.8 Å². The van der Waals surface area contributed by atoms with Crippen molar-refractivity contribution in [2.45, 2.75) is 19.5 Å². The zero-order chi connectivity index (χ0) is 20.1. The molecule has 5 nitrogen and oxygen atoms in total. The Kier molecular flexibility index (Phi) is 3.87. The molecular weight excluding hydrogens is 373 g/mol. The van der Waals surface area contributed by atoms with Crippen molar-refractivity contribution in [2.24, 2.45) is 0 Å². The van der Waals surface area contributed by atoms with Crippen LogP contribution >= 0.6 is 0 Å². The molecule has 2 aromatic heterocycles. The minimum Gasteiger partial charge on any atom is -0.467 e. The molecule has 0 saturated carbocycles. The molecule has 6 heteroatoms. The predicted molar refractivity (Wildman–Crippen MR) is 104 cm³/mol. The number of hydrogen-bond acceptors (Lipinski definition) is 4. The molecule has 29 heavy (non-hydrogen) atoms. The van der Waals surface area contributed by atoms with Gasteiger partial charge in [0.15, 0.2) is 5.43 Å². The summed E-state index contributed by atoms with van der Waals surface area (Å²) in [5.74, 6) is -0.194. The summed E-state index contributed by atoms with van der Waals surface area (Å²) in [6, 6.07) is 13.9. The normalized spacial score (nSPS) is 15.9. The molecule has 0 aliphatic carbocycles. The Balaban J connectivity index is 1.75. The van der Waals surface area contributed by atoms with Gasteiger partial charge in [0.1, 0.15) is 17.2 Å². The summed E-state index contributed by atoms with van der Waals surface area (Å²) in [6.45, 7) is 2.05. The number of rotatable bonds is 3. The number of benzene rings is 2. The fraction of sp³-hybridized carbons (Fsp3) is 0.130. The number of furan rings is 1. The SMILES string of the molecule is Cc1ccc2oc3c(c(=O)c2c1)[C@H](c1ccc(F)cc1)N(Cc1ccco1)C3=O. The van der Waals surface area contributed by atoms with Crippen LogP contribution in [0.4, 0.5) is 4.39 Å². The average molecular weight is 389 g/mol. The van der Waals surface area contributed by atoms with Crippen molar-refractivity contribution in [2.75, 3.05) is 0 Å². The highest BCUT2D eigenvalue weighted by Crippen LogP contribution is 2.39. The van der Waals surface area contributed by atoms with Gasteiger partial charge in [0, 0.05) is 0 Å². The molecule has 1 amide bonds. The first kappa shape index (κ1) is 17.4. The van der Waals surface area contributed by atoms with Gasteiger partial charge in [-0.15, -0.1) is 0 Å². The van der Waals surface area contributed by atoms with E-state index in [0.717, 1.165) is 5.56 Å². The van der Waals surface area contributed by atoms with E-state index in [-0.39, 0.29) is 23.3 Å². The lowest BCUT2D eigenvalue weighted by molar-refractivity contribution is 0.0701. The monoisotopic (exact) mass is 389 g/mol. The lowest BCUT2D eigenvalue weighted by Gasteiger charge is -2.24. The highest BCUT2D eigenvalue weighted by Gasteiger charge is 2.43. The predicted octanol–water partition coefficient (Wildman–Crippen LogP) is 4.58. The van der Waals surface area contributed by atoms with Gasteiger partial charge in [-0.2, -0.15) is 0 Å². The second-order valence-corrected chi connectivity index (χ2v) is 7.14. The van der Waals surface area contributed by atoms with E-state index in [0.29, 0.717) is 22.3 Å². The number of carbonyl (C=O) groups is 1. The third kappa shape index (κ3) is 2.76. The van der Waals surface area contributed by atoms with E-state index < -0.39 is 17.8 Å². The Bertz CT molecular complexity index is 1290. The van der Waals surface area contributed by atoms with Gasteiger partial charge in [0.2, 0.25) is 5.76 Å². The summed E-state index contributed by atoms with van der Waals surface area (Å²) >= 11 is 0. The number of halogens is 1. The molecule has 0 fully saturated rings. The summed E-state index contributed by atoms with van der Waals surface area (Å²) in [5.41, 5.74) is 1.93. The van der Waals surface area contributed by atoms with Crippen molar-refractivity contribution in [3.8, 4) is 0 Å². The molecular formula is C23H16FNO4. The van der Waals surface area contributed by atoms with Gasteiger partial charge >= 0.3 is 0 Å². The largest absolute Gasteiger partial charge is 0.467 e. The topological polar surface area (TPSA) is 63.7 Å². The van der Waals surface area contributed by atoms with Gasteiger partial charge in [0.05, 0.1) is 29.8 Å². The molecule has 0 spiro atoms. The van der Waals surface area contributed by atoms with Gasteiger partial charge in [-0.3, -0.25) is 9.59 Å². The second-order valence-electron chi connectivity index (χ2n) is 7.14. The fourth-order valence-corrected chi connectivity index (χ4v) is 3.86. The van der Waals surface area contributed by atoms with Gasteiger partial charge in [-0.25, -0.2) is 4.39 Å². The summed E-state index contributed by atoms with van der Waals surface area (Å²) in [4.78, 5) is 28.1. The number of hydrogen-bond donors (Lipinski definition) is 0. The zero-order valence-electron chi connectivity index (χ0n) is 15.5. The molecule has 144 valence electrons. The summed E-state index contributed by atoms with van der Waals surface area (Å²) in [5, 5.41) is 0.420. The molecule has 1 atom stereocenters. The van der Waals surface area contributed by atoms with Crippen molar-refractivity contribution >= 4 is 16.9 Å². The minimum absolute atomic E-state index is 0.0206. The molecule has 5 rings (SSSR count). The van der Waals surface area contributed by atoms with E-state index in [2.05, 4.69) is 0 Å². The second kappa shape index (κ2) is 6.44. The molecule has 1 aliphatic rings. The first-order valence-corrected chi connectivity index (χ1v) is 9.19. The zero-order valence-corrected chi connectivity index (χ0v) is 15.5. The van der Waals surface area contributed by atoms with E-state index in [1.807, 2.05) is 13.0 Å². The van der Waals surface area contributed by atoms with Crippen molar-refractivity contribution < 1.29 is 18.0 Å². The summed E-state index contributed by atoms with van der Waals surface area (Å²) < 4.78 is 24.8.